The van der Waals surface area contributed by atoms with Gasteiger partial charge >= 0.3 is 0 Å². The molecule has 0 heterocycles. The van der Waals surface area contributed by atoms with Crippen molar-refractivity contribution in [3.8, 4) is 0 Å². The van der Waals surface area contributed by atoms with Gasteiger partial charge in [0.05, 0.1) is 6.10 Å². The predicted octanol–water partition coefficient (Wildman–Crippen LogP) is 4.39. The minimum atomic E-state index is -0.779. The Hall–Kier alpha value is -1.10. The van der Waals surface area contributed by atoms with Crippen LogP contribution in [-0.2, 0) is 0 Å². The molecule has 1 unspecified atom stereocenters. The van der Waals surface area contributed by atoms with Crippen molar-refractivity contribution >= 4 is 33.2 Å². The third-order valence-corrected chi connectivity index (χ3v) is 3.54. The molecule has 5 heteroatoms. The molecule has 0 saturated heterocycles. The van der Waals surface area contributed by atoms with Crippen LogP contribution < -0.4 is 5.32 Å². The highest BCUT2D eigenvalue weighted by Crippen LogP contribution is 2.26. The summed E-state index contributed by atoms with van der Waals surface area (Å²) in [5, 5.41) is 13.7. The molecule has 2 N–H and O–H groups in total. The normalized spacial score (nSPS) is 12.2. The molecular weight excluding hydrogens is 333 g/mol. The topological polar surface area (TPSA) is 32.3 Å². The number of nitrogens with one attached hydrogen (secondary N) is 1. The fourth-order valence-electron chi connectivity index (χ4n) is 1.67. The Balaban J connectivity index is 2.02. The van der Waals surface area contributed by atoms with E-state index in [0.29, 0.717) is 10.6 Å². The van der Waals surface area contributed by atoms with Crippen LogP contribution in [0.5, 0.6) is 0 Å². The summed E-state index contributed by atoms with van der Waals surface area (Å²) in [7, 11) is 0. The molecular formula is C14H12BrClFNO. The number of hydrogen-bond donors (Lipinski definition) is 2. The molecule has 100 valence electrons. The molecule has 0 aliphatic rings. The average molecular weight is 345 g/mol. The first-order valence-electron chi connectivity index (χ1n) is 5.69. The molecule has 2 aromatic carbocycles. The predicted molar refractivity (Wildman–Crippen MR) is 79.0 cm³/mol. The van der Waals surface area contributed by atoms with Gasteiger partial charge in [-0.15, -0.1) is 0 Å². The van der Waals surface area contributed by atoms with Crippen LogP contribution in [-0.4, -0.2) is 11.7 Å². The van der Waals surface area contributed by atoms with Crippen molar-refractivity contribution in [2.45, 2.75) is 6.10 Å². The second kappa shape index (κ2) is 6.37. The summed E-state index contributed by atoms with van der Waals surface area (Å²) in [4.78, 5) is 0. The maximum absolute atomic E-state index is 13.0. The maximum atomic E-state index is 13.0. The molecule has 2 aromatic rings. The highest BCUT2D eigenvalue weighted by Gasteiger charge is 2.09. The van der Waals surface area contributed by atoms with Gasteiger partial charge in [-0.05, 0) is 51.8 Å². The number of rotatable bonds is 4. The van der Waals surface area contributed by atoms with Crippen molar-refractivity contribution in [2.75, 3.05) is 11.9 Å². The van der Waals surface area contributed by atoms with E-state index in [0.717, 1.165) is 10.2 Å². The molecule has 2 rings (SSSR count). The lowest BCUT2D eigenvalue weighted by Gasteiger charge is -2.14. The number of aliphatic hydroxyl groups excluding tert-OH is 1. The number of halogens is 3. The second-order valence-corrected chi connectivity index (χ2v) is 5.37. The Morgan fingerprint density at radius 1 is 1.26 bits per heavy atom. The smallest absolute Gasteiger partial charge is 0.123 e. The van der Waals surface area contributed by atoms with Gasteiger partial charge in [0.1, 0.15) is 5.82 Å². The molecule has 0 aliphatic heterocycles. The Kier molecular flexibility index (Phi) is 4.80. The lowest BCUT2D eigenvalue weighted by molar-refractivity contribution is 0.191. The summed E-state index contributed by atoms with van der Waals surface area (Å²) in [6, 6.07) is 11.3. The van der Waals surface area contributed by atoms with E-state index in [1.807, 2.05) is 6.07 Å². The van der Waals surface area contributed by atoms with Crippen LogP contribution in [0.15, 0.2) is 46.9 Å². The molecule has 2 nitrogen and oxygen atoms in total. The zero-order valence-corrected chi connectivity index (χ0v) is 12.2. The molecule has 0 amide bonds. The van der Waals surface area contributed by atoms with Crippen LogP contribution >= 0.6 is 27.5 Å². The second-order valence-electron chi connectivity index (χ2n) is 4.08. The summed E-state index contributed by atoms with van der Waals surface area (Å²) >= 11 is 9.22. The van der Waals surface area contributed by atoms with Gasteiger partial charge in [0.2, 0.25) is 0 Å². The quantitative estimate of drug-likeness (QED) is 0.862. The van der Waals surface area contributed by atoms with Crippen molar-refractivity contribution in [3.63, 3.8) is 0 Å². The summed E-state index contributed by atoms with van der Waals surface area (Å²) in [6.45, 7) is 0.281. The monoisotopic (exact) mass is 343 g/mol. The van der Waals surface area contributed by atoms with Crippen LogP contribution in [0, 0.1) is 5.82 Å². The molecule has 19 heavy (non-hydrogen) atoms. The Morgan fingerprint density at radius 3 is 2.74 bits per heavy atom. The van der Waals surface area contributed by atoms with Gasteiger partial charge in [-0.2, -0.15) is 0 Å². The lowest BCUT2D eigenvalue weighted by atomic mass is 10.1. The van der Waals surface area contributed by atoms with Crippen LogP contribution in [0.3, 0.4) is 0 Å². The van der Waals surface area contributed by atoms with Crippen LogP contribution in [0.1, 0.15) is 11.7 Å². The average Bonchev–Trinajstić information content (AvgIpc) is 2.37. The van der Waals surface area contributed by atoms with Gasteiger partial charge < -0.3 is 10.4 Å². The van der Waals surface area contributed by atoms with Crippen LogP contribution in [0.25, 0.3) is 0 Å². The van der Waals surface area contributed by atoms with E-state index in [-0.39, 0.29) is 12.4 Å². The number of benzene rings is 2. The fraction of sp³-hybridized carbons (Fsp3) is 0.143. The Morgan fingerprint density at radius 2 is 2.05 bits per heavy atom. The minimum absolute atomic E-state index is 0.281. The highest BCUT2D eigenvalue weighted by atomic mass is 79.9. The summed E-state index contributed by atoms with van der Waals surface area (Å²) in [6.07, 6.45) is -0.779. The van der Waals surface area contributed by atoms with Crippen molar-refractivity contribution in [2.24, 2.45) is 0 Å². The van der Waals surface area contributed by atoms with Gasteiger partial charge in [-0.1, -0.05) is 23.7 Å². The number of aliphatic hydroxyl groups is 1. The molecule has 0 fully saturated rings. The zero-order valence-electron chi connectivity index (χ0n) is 9.91. The van der Waals surface area contributed by atoms with Crippen molar-refractivity contribution in [3.05, 3.63) is 63.3 Å². The van der Waals surface area contributed by atoms with Gasteiger partial charge in [0.25, 0.3) is 0 Å². The Bertz CT molecular complexity index is 579. The van der Waals surface area contributed by atoms with Gasteiger partial charge in [0, 0.05) is 21.7 Å². The minimum Gasteiger partial charge on any atom is -0.387 e. The zero-order chi connectivity index (χ0) is 13.8. The van der Waals surface area contributed by atoms with E-state index in [4.69, 9.17) is 11.6 Å². The third-order valence-electron chi connectivity index (χ3n) is 2.65. The molecule has 0 bridgehead atoms. The van der Waals surface area contributed by atoms with Crippen molar-refractivity contribution < 1.29 is 9.50 Å². The molecule has 1 atom stereocenters. The molecule has 0 spiro atoms. The van der Waals surface area contributed by atoms with E-state index in [9.17, 15) is 9.50 Å². The fourth-order valence-corrected chi connectivity index (χ4v) is 2.49. The SMILES string of the molecule is OC(CNc1ccc(Cl)cc1Br)c1cccc(F)c1. The maximum Gasteiger partial charge on any atom is 0.123 e. The molecule has 0 aliphatic carbocycles. The summed E-state index contributed by atoms with van der Waals surface area (Å²) < 4.78 is 13.9. The third kappa shape index (κ3) is 3.93. The summed E-state index contributed by atoms with van der Waals surface area (Å²) in [5.41, 5.74) is 1.36. The lowest BCUT2D eigenvalue weighted by Crippen LogP contribution is -2.12. The first-order valence-corrected chi connectivity index (χ1v) is 6.86. The number of anilines is 1. The van der Waals surface area contributed by atoms with E-state index < -0.39 is 6.10 Å². The Labute approximate surface area is 124 Å². The molecule has 0 saturated carbocycles. The standard InChI is InChI=1S/C14H12BrClFNO/c15-12-7-10(16)4-5-13(12)18-8-14(19)9-2-1-3-11(17)6-9/h1-7,14,18-19H,8H2. The number of hydrogen-bond acceptors (Lipinski definition) is 2. The van der Waals surface area contributed by atoms with Crippen molar-refractivity contribution in [1.82, 2.24) is 0 Å². The van der Waals surface area contributed by atoms with Crippen LogP contribution in [0.2, 0.25) is 5.02 Å². The molecule has 0 aromatic heterocycles. The van der Waals surface area contributed by atoms with Gasteiger partial charge in [-0.3, -0.25) is 0 Å². The van der Waals surface area contributed by atoms with Gasteiger partial charge in [-0.25, -0.2) is 4.39 Å². The first kappa shape index (κ1) is 14.3. The van der Waals surface area contributed by atoms with E-state index in [1.165, 1.54) is 12.1 Å². The van der Waals surface area contributed by atoms with E-state index in [1.54, 1.807) is 24.3 Å². The largest absolute Gasteiger partial charge is 0.387 e. The van der Waals surface area contributed by atoms with E-state index in [2.05, 4.69) is 21.2 Å². The van der Waals surface area contributed by atoms with Crippen molar-refractivity contribution in [1.29, 1.82) is 0 Å². The van der Waals surface area contributed by atoms with Crippen LogP contribution in [0.4, 0.5) is 10.1 Å². The molecule has 0 radical (unpaired) electrons. The highest BCUT2D eigenvalue weighted by molar-refractivity contribution is 9.10. The van der Waals surface area contributed by atoms with E-state index >= 15 is 0 Å². The summed E-state index contributed by atoms with van der Waals surface area (Å²) in [5.74, 6) is -0.357. The van der Waals surface area contributed by atoms with Gasteiger partial charge in [0.15, 0.2) is 0 Å². The first-order chi connectivity index (χ1) is 9.06.